The summed E-state index contributed by atoms with van der Waals surface area (Å²) < 4.78 is 6.26. The zero-order valence-corrected chi connectivity index (χ0v) is 16.1. The van der Waals surface area contributed by atoms with Crippen molar-refractivity contribution in [2.75, 3.05) is 26.7 Å². The molecule has 0 aromatic heterocycles. The molecule has 1 heterocycles. The van der Waals surface area contributed by atoms with Crippen molar-refractivity contribution in [3.8, 4) is 11.5 Å². The summed E-state index contributed by atoms with van der Waals surface area (Å²) in [4.78, 5) is 0. The van der Waals surface area contributed by atoms with Crippen molar-refractivity contribution >= 4 is 26.5 Å². The summed E-state index contributed by atoms with van der Waals surface area (Å²) in [7, 11) is -0.287. The molecule has 2 aromatic rings. The maximum atomic E-state index is 6.26. The van der Waals surface area contributed by atoms with Crippen LogP contribution in [0.2, 0.25) is 0 Å². The molecule has 3 rings (SSSR count). The third kappa shape index (κ3) is 2.40. The maximum Gasteiger partial charge on any atom is 0.132 e. The second-order valence-corrected chi connectivity index (χ2v) is 11.3. The van der Waals surface area contributed by atoms with Crippen LogP contribution in [0.25, 0.3) is 0 Å². The highest BCUT2D eigenvalue weighted by molar-refractivity contribution is 7.70. The smallest absolute Gasteiger partial charge is 0.132 e. The van der Waals surface area contributed by atoms with E-state index in [-0.39, 0.29) is 21.3 Å². The molecule has 22 heavy (non-hydrogen) atoms. The van der Waals surface area contributed by atoms with Gasteiger partial charge in [-0.25, -0.2) is 0 Å². The topological polar surface area (TPSA) is 9.23 Å². The van der Waals surface area contributed by atoms with Crippen LogP contribution in [0.3, 0.4) is 0 Å². The van der Waals surface area contributed by atoms with Gasteiger partial charge < -0.3 is 4.74 Å². The lowest BCUT2D eigenvalue weighted by Gasteiger charge is -2.38. The first-order valence-corrected chi connectivity index (χ1v) is 12.1. The lowest BCUT2D eigenvalue weighted by atomic mass is 9.76. The number of rotatable bonds is 2. The zero-order valence-electron chi connectivity index (χ0n) is 14.3. The average molecular weight is 330 g/mol. The Bertz CT molecular complexity index is 717. The minimum atomic E-state index is -0.175. The van der Waals surface area contributed by atoms with E-state index in [1.165, 1.54) is 11.1 Å². The molecule has 0 bridgehead atoms. The van der Waals surface area contributed by atoms with E-state index < -0.39 is 0 Å². The van der Waals surface area contributed by atoms with Crippen LogP contribution in [0.4, 0.5) is 0 Å². The van der Waals surface area contributed by atoms with E-state index in [1.54, 1.807) is 10.6 Å². The van der Waals surface area contributed by atoms with Crippen LogP contribution in [0.1, 0.15) is 25.0 Å². The lowest BCUT2D eigenvalue weighted by Crippen LogP contribution is -2.36. The predicted octanol–water partition coefficient (Wildman–Crippen LogP) is 4.85. The Morgan fingerprint density at radius 1 is 0.818 bits per heavy atom. The van der Waals surface area contributed by atoms with E-state index in [9.17, 15) is 0 Å². The summed E-state index contributed by atoms with van der Waals surface area (Å²) in [6, 6.07) is 13.0. The normalized spacial score (nSPS) is 15.5. The van der Waals surface area contributed by atoms with Crippen LogP contribution in [0.5, 0.6) is 11.5 Å². The van der Waals surface area contributed by atoms with Gasteiger partial charge in [0, 0.05) is 16.5 Å². The third-order valence-electron chi connectivity index (χ3n) is 4.45. The standard InChI is InChI=1S/C19H24OP2/c1-19(2)13-9-7-8-10-14(13)20-15-11-12-16(21(3)4)18(17(15)19)22(5)6/h7-12H,1-6H3. The van der Waals surface area contributed by atoms with Crippen molar-refractivity contribution in [1.29, 1.82) is 0 Å². The molecule has 2 aromatic carbocycles. The van der Waals surface area contributed by atoms with Crippen molar-refractivity contribution in [3.63, 3.8) is 0 Å². The van der Waals surface area contributed by atoms with Gasteiger partial charge in [0.25, 0.3) is 0 Å². The van der Waals surface area contributed by atoms with Gasteiger partial charge in [-0.05, 0) is 49.4 Å². The van der Waals surface area contributed by atoms with E-state index in [0.717, 1.165) is 11.5 Å². The van der Waals surface area contributed by atoms with E-state index in [4.69, 9.17) is 4.74 Å². The van der Waals surface area contributed by atoms with Gasteiger partial charge in [-0.15, -0.1) is 0 Å². The molecular weight excluding hydrogens is 306 g/mol. The Kier molecular flexibility index (Phi) is 4.09. The number of hydrogen-bond acceptors (Lipinski definition) is 1. The predicted molar refractivity (Wildman–Crippen MR) is 102 cm³/mol. The summed E-state index contributed by atoms with van der Waals surface area (Å²) in [5.74, 6) is 2.06. The largest absolute Gasteiger partial charge is 0.457 e. The highest BCUT2D eigenvalue weighted by Crippen LogP contribution is 2.49. The molecule has 0 saturated carbocycles. The van der Waals surface area contributed by atoms with Crippen molar-refractivity contribution in [1.82, 2.24) is 0 Å². The molecule has 1 nitrogen and oxygen atoms in total. The van der Waals surface area contributed by atoms with Crippen molar-refractivity contribution in [2.45, 2.75) is 19.3 Å². The fraction of sp³-hybridized carbons (Fsp3) is 0.368. The van der Waals surface area contributed by atoms with Gasteiger partial charge in [0.05, 0.1) is 0 Å². The summed E-state index contributed by atoms with van der Waals surface area (Å²) in [5, 5.41) is 3.10. The first-order valence-electron chi connectivity index (χ1n) is 7.63. The first kappa shape index (κ1) is 16.0. The van der Waals surface area contributed by atoms with Gasteiger partial charge >= 0.3 is 0 Å². The number of para-hydroxylation sites is 1. The minimum Gasteiger partial charge on any atom is -0.457 e. The Labute approximate surface area is 136 Å². The van der Waals surface area contributed by atoms with Gasteiger partial charge in [-0.3, -0.25) is 0 Å². The van der Waals surface area contributed by atoms with Crippen LogP contribution in [0.15, 0.2) is 36.4 Å². The molecule has 0 unspecified atom stereocenters. The second-order valence-electron chi connectivity index (χ2n) is 6.82. The molecule has 116 valence electrons. The average Bonchev–Trinajstić information content (AvgIpc) is 2.46. The summed E-state index contributed by atoms with van der Waals surface area (Å²) in [5.41, 5.74) is 2.71. The van der Waals surface area contributed by atoms with Gasteiger partial charge in [-0.1, -0.05) is 54.0 Å². The second kappa shape index (κ2) is 5.63. The van der Waals surface area contributed by atoms with Crippen LogP contribution in [0, 0.1) is 0 Å². The Balaban J connectivity index is 2.33. The van der Waals surface area contributed by atoms with Crippen LogP contribution < -0.4 is 15.3 Å². The first-order chi connectivity index (χ1) is 10.3. The fourth-order valence-electron chi connectivity index (χ4n) is 3.39. The molecule has 3 heteroatoms. The molecule has 0 amide bonds. The minimum absolute atomic E-state index is 0.00648. The van der Waals surface area contributed by atoms with Crippen molar-refractivity contribution in [2.24, 2.45) is 0 Å². The van der Waals surface area contributed by atoms with E-state index in [1.807, 2.05) is 0 Å². The fourth-order valence-corrected chi connectivity index (χ4v) is 6.87. The van der Waals surface area contributed by atoms with Crippen LogP contribution >= 0.6 is 15.8 Å². The molecule has 0 atom stereocenters. The van der Waals surface area contributed by atoms with E-state index in [0.29, 0.717) is 0 Å². The molecule has 0 N–H and O–H groups in total. The Hall–Kier alpha value is -0.900. The number of benzene rings is 2. The van der Waals surface area contributed by atoms with Gasteiger partial charge in [-0.2, -0.15) is 0 Å². The van der Waals surface area contributed by atoms with Gasteiger partial charge in [0.2, 0.25) is 0 Å². The highest BCUT2D eigenvalue weighted by Gasteiger charge is 2.37. The molecule has 0 saturated heterocycles. The maximum absolute atomic E-state index is 6.26. The molecule has 0 radical (unpaired) electrons. The SMILES string of the molecule is CP(C)c1ccc2c(c1P(C)C)C(C)(C)c1ccccc1O2. The molecule has 1 aliphatic rings. The van der Waals surface area contributed by atoms with E-state index in [2.05, 4.69) is 76.9 Å². The van der Waals surface area contributed by atoms with Crippen molar-refractivity contribution < 1.29 is 4.74 Å². The molecule has 0 aliphatic carbocycles. The Morgan fingerprint density at radius 3 is 2.14 bits per heavy atom. The quantitative estimate of drug-likeness (QED) is 0.715. The van der Waals surface area contributed by atoms with Crippen LogP contribution in [-0.2, 0) is 5.41 Å². The highest BCUT2D eigenvalue weighted by atomic mass is 31.1. The number of hydrogen-bond donors (Lipinski definition) is 0. The molecule has 1 aliphatic heterocycles. The zero-order chi connectivity index (χ0) is 16.1. The van der Waals surface area contributed by atoms with Crippen LogP contribution in [-0.4, -0.2) is 26.7 Å². The van der Waals surface area contributed by atoms with Crippen molar-refractivity contribution in [3.05, 3.63) is 47.5 Å². The number of ether oxygens (including phenoxy) is 1. The number of fused-ring (bicyclic) bond motifs is 2. The molecule has 0 spiro atoms. The lowest BCUT2D eigenvalue weighted by molar-refractivity contribution is 0.420. The van der Waals surface area contributed by atoms with Gasteiger partial charge in [0.15, 0.2) is 0 Å². The summed E-state index contributed by atoms with van der Waals surface area (Å²) >= 11 is 0. The summed E-state index contributed by atoms with van der Waals surface area (Å²) in [6.45, 7) is 14.1. The van der Waals surface area contributed by atoms with E-state index >= 15 is 0 Å². The third-order valence-corrected chi connectivity index (χ3v) is 7.32. The molecular formula is C19H24OP2. The van der Waals surface area contributed by atoms with Gasteiger partial charge in [0.1, 0.15) is 11.5 Å². The monoisotopic (exact) mass is 330 g/mol. The molecule has 0 fully saturated rings. The Morgan fingerprint density at radius 2 is 1.50 bits per heavy atom. The summed E-state index contributed by atoms with van der Waals surface area (Å²) in [6.07, 6.45) is 0.